The summed E-state index contributed by atoms with van der Waals surface area (Å²) in [5.41, 5.74) is 6.28. The Morgan fingerprint density at radius 1 is 1.38 bits per heavy atom. The monoisotopic (exact) mass is 220 g/mol. The van der Waals surface area contributed by atoms with Crippen molar-refractivity contribution < 1.29 is 13.6 Å². The summed E-state index contributed by atoms with van der Waals surface area (Å²) in [6, 6.07) is 5.08. The molecular weight excluding hydrogens is 208 g/mol. The molecule has 5 heteroatoms. The Balaban J connectivity index is 1.93. The van der Waals surface area contributed by atoms with Crippen molar-refractivity contribution in [1.29, 1.82) is 0 Å². The third-order valence-electron chi connectivity index (χ3n) is 2.12. The molecule has 0 spiro atoms. The first-order valence-corrected chi connectivity index (χ1v) is 4.87. The lowest BCUT2D eigenvalue weighted by atomic mass is 10.3. The van der Waals surface area contributed by atoms with E-state index in [0.29, 0.717) is 12.3 Å². The lowest BCUT2D eigenvalue weighted by Crippen LogP contribution is -2.21. The minimum atomic E-state index is -0.263. The van der Waals surface area contributed by atoms with Crippen LogP contribution >= 0.6 is 0 Å². The first kappa shape index (κ1) is 10.5. The summed E-state index contributed by atoms with van der Waals surface area (Å²) >= 11 is 0. The number of carbonyl (C=O) groups is 1. The van der Waals surface area contributed by atoms with Crippen molar-refractivity contribution in [3.63, 3.8) is 0 Å². The van der Waals surface area contributed by atoms with Gasteiger partial charge < -0.3 is 19.9 Å². The molecule has 0 bridgehead atoms. The molecule has 0 saturated heterocycles. The van der Waals surface area contributed by atoms with Crippen LogP contribution in [0.3, 0.4) is 0 Å². The Morgan fingerprint density at radius 3 is 2.88 bits per heavy atom. The fourth-order valence-electron chi connectivity index (χ4n) is 1.27. The van der Waals surface area contributed by atoms with Crippen LogP contribution in [0.5, 0.6) is 0 Å². The minimum absolute atomic E-state index is 0.263. The van der Waals surface area contributed by atoms with Crippen LogP contribution in [0.1, 0.15) is 21.9 Å². The van der Waals surface area contributed by atoms with E-state index in [1.54, 1.807) is 30.7 Å². The number of nitrogens with one attached hydrogen (secondary N) is 1. The molecule has 2 aromatic heterocycles. The van der Waals surface area contributed by atoms with Gasteiger partial charge in [-0.2, -0.15) is 0 Å². The van der Waals surface area contributed by atoms with E-state index in [9.17, 15) is 4.79 Å². The van der Waals surface area contributed by atoms with Gasteiger partial charge in [0.15, 0.2) is 5.76 Å². The van der Waals surface area contributed by atoms with Crippen LogP contribution in [0.15, 0.2) is 39.6 Å². The molecule has 84 valence electrons. The number of amides is 1. The summed E-state index contributed by atoms with van der Waals surface area (Å²) in [5.74, 6) is 0.596. The highest BCUT2D eigenvalue weighted by Gasteiger charge is 2.10. The van der Waals surface area contributed by atoms with E-state index in [4.69, 9.17) is 14.6 Å². The zero-order valence-electron chi connectivity index (χ0n) is 8.60. The second-order valence-corrected chi connectivity index (χ2v) is 3.28. The molecule has 0 aliphatic heterocycles. The Kier molecular flexibility index (Phi) is 3.07. The number of furan rings is 2. The maximum Gasteiger partial charge on any atom is 0.287 e. The third kappa shape index (κ3) is 2.32. The van der Waals surface area contributed by atoms with Crippen LogP contribution in [0, 0.1) is 0 Å². The predicted octanol–water partition coefficient (Wildman–Crippen LogP) is 1.26. The highest BCUT2D eigenvalue weighted by atomic mass is 16.4. The predicted molar refractivity (Wildman–Crippen MR) is 56.5 cm³/mol. The maximum absolute atomic E-state index is 11.6. The summed E-state index contributed by atoms with van der Waals surface area (Å²) < 4.78 is 10.1. The summed E-state index contributed by atoms with van der Waals surface area (Å²) in [4.78, 5) is 11.6. The second kappa shape index (κ2) is 4.67. The SMILES string of the molecule is NCc1ccc(C(=O)NCc2ccoc2)o1. The molecule has 2 aromatic rings. The first-order valence-electron chi connectivity index (χ1n) is 4.87. The van der Waals surface area contributed by atoms with Gasteiger partial charge in [-0.25, -0.2) is 0 Å². The molecule has 0 aliphatic rings. The van der Waals surface area contributed by atoms with Gasteiger partial charge in [0, 0.05) is 12.1 Å². The summed E-state index contributed by atoms with van der Waals surface area (Å²) in [6.07, 6.45) is 3.13. The molecule has 16 heavy (non-hydrogen) atoms. The Hall–Kier alpha value is -2.01. The molecule has 0 fully saturated rings. The number of hydrogen-bond donors (Lipinski definition) is 2. The van der Waals surface area contributed by atoms with E-state index >= 15 is 0 Å². The summed E-state index contributed by atoms with van der Waals surface area (Å²) in [5, 5.41) is 2.71. The Labute approximate surface area is 92.2 Å². The number of hydrogen-bond acceptors (Lipinski definition) is 4. The number of rotatable bonds is 4. The molecule has 1 amide bonds. The van der Waals surface area contributed by atoms with Crippen LogP contribution in [0.25, 0.3) is 0 Å². The van der Waals surface area contributed by atoms with Crippen molar-refractivity contribution in [2.45, 2.75) is 13.1 Å². The van der Waals surface area contributed by atoms with Gasteiger partial charge >= 0.3 is 0 Å². The van der Waals surface area contributed by atoms with E-state index in [1.807, 2.05) is 0 Å². The number of carbonyl (C=O) groups excluding carboxylic acids is 1. The largest absolute Gasteiger partial charge is 0.472 e. The Morgan fingerprint density at radius 2 is 2.25 bits per heavy atom. The molecule has 0 atom stereocenters. The van der Waals surface area contributed by atoms with Crippen molar-refractivity contribution in [1.82, 2.24) is 5.32 Å². The maximum atomic E-state index is 11.6. The van der Waals surface area contributed by atoms with Crippen LogP contribution < -0.4 is 11.1 Å². The lowest BCUT2D eigenvalue weighted by molar-refractivity contribution is 0.0921. The van der Waals surface area contributed by atoms with Crippen molar-refractivity contribution in [3.8, 4) is 0 Å². The lowest BCUT2D eigenvalue weighted by Gasteiger charge is -1.99. The molecule has 5 nitrogen and oxygen atoms in total. The van der Waals surface area contributed by atoms with Gasteiger partial charge in [0.1, 0.15) is 5.76 Å². The van der Waals surface area contributed by atoms with Crippen molar-refractivity contribution >= 4 is 5.91 Å². The summed E-state index contributed by atoms with van der Waals surface area (Å²) in [6.45, 7) is 0.697. The van der Waals surface area contributed by atoms with Crippen LogP contribution in [-0.2, 0) is 13.1 Å². The minimum Gasteiger partial charge on any atom is -0.472 e. The van der Waals surface area contributed by atoms with Crippen molar-refractivity contribution in [2.24, 2.45) is 5.73 Å². The molecule has 0 aromatic carbocycles. The average molecular weight is 220 g/mol. The van der Waals surface area contributed by atoms with Gasteiger partial charge in [0.05, 0.1) is 19.1 Å². The topological polar surface area (TPSA) is 81.4 Å². The smallest absolute Gasteiger partial charge is 0.287 e. The molecule has 0 saturated carbocycles. The summed E-state index contributed by atoms with van der Waals surface area (Å²) in [7, 11) is 0. The highest BCUT2D eigenvalue weighted by molar-refractivity contribution is 5.91. The van der Waals surface area contributed by atoms with Crippen molar-refractivity contribution in [3.05, 3.63) is 47.8 Å². The van der Waals surface area contributed by atoms with Gasteiger partial charge in [0.2, 0.25) is 0 Å². The third-order valence-corrected chi connectivity index (χ3v) is 2.12. The standard InChI is InChI=1S/C11H12N2O3/c12-5-9-1-2-10(16-9)11(14)13-6-8-3-4-15-7-8/h1-4,7H,5-6,12H2,(H,13,14). The van der Waals surface area contributed by atoms with Gasteiger partial charge in [-0.05, 0) is 18.2 Å². The molecule has 2 rings (SSSR count). The second-order valence-electron chi connectivity index (χ2n) is 3.28. The zero-order chi connectivity index (χ0) is 11.4. The van der Waals surface area contributed by atoms with E-state index in [2.05, 4.69) is 5.32 Å². The van der Waals surface area contributed by atoms with Crippen LogP contribution in [0.4, 0.5) is 0 Å². The quantitative estimate of drug-likeness (QED) is 0.812. The van der Waals surface area contributed by atoms with Crippen molar-refractivity contribution in [2.75, 3.05) is 0 Å². The average Bonchev–Trinajstić information content (AvgIpc) is 2.96. The normalized spacial score (nSPS) is 10.3. The van der Waals surface area contributed by atoms with E-state index < -0.39 is 0 Å². The molecule has 0 unspecified atom stereocenters. The van der Waals surface area contributed by atoms with Gasteiger partial charge in [-0.3, -0.25) is 4.79 Å². The zero-order valence-corrected chi connectivity index (χ0v) is 8.60. The van der Waals surface area contributed by atoms with Crippen LogP contribution in [-0.4, -0.2) is 5.91 Å². The van der Waals surface area contributed by atoms with Crippen LogP contribution in [0.2, 0.25) is 0 Å². The molecule has 3 N–H and O–H groups in total. The number of nitrogens with two attached hydrogens (primary N) is 1. The highest BCUT2D eigenvalue weighted by Crippen LogP contribution is 2.07. The van der Waals surface area contributed by atoms with Gasteiger partial charge in [0.25, 0.3) is 5.91 Å². The van der Waals surface area contributed by atoms with E-state index in [0.717, 1.165) is 5.56 Å². The molecule has 0 aliphatic carbocycles. The molecular formula is C11H12N2O3. The molecule has 0 radical (unpaired) electrons. The molecule has 2 heterocycles. The fourth-order valence-corrected chi connectivity index (χ4v) is 1.27. The first-order chi connectivity index (χ1) is 7.79. The van der Waals surface area contributed by atoms with Gasteiger partial charge in [-0.1, -0.05) is 0 Å². The fraction of sp³-hybridized carbons (Fsp3) is 0.182. The van der Waals surface area contributed by atoms with Gasteiger partial charge in [-0.15, -0.1) is 0 Å². The van der Waals surface area contributed by atoms with E-state index in [-0.39, 0.29) is 18.2 Å². The Bertz CT molecular complexity index is 459. The van der Waals surface area contributed by atoms with E-state index in [1.165, 1.54) is 0 Å².